The van der Waals surface area contributed by atoms with E-state index in [-0.39, 0.29) is 19.3 Å². The molecule has 1 amide bonds. The highest BCUT2D eigenvalue weighted by molar-refractivity contribution is 5.81. The van der Waals surface area contributed by atoms with Gasteiger partial charge in [0.15, 0.2) is 6.04 Å². The Labute approximate surface area is 170 Å². The lowest BCUT2D eigenvalue weighted by Gasteiger charge is -2.17. The van der Waals surface area contributed by atoms with Crippen molar-refractivity contribution in [1.29, 1.82) is 0 Å². The van der Waals surface area contributed by atoms with Gasteiger partial charge in [0.1, 0.15) is 6.61 Å². The van der Waals surface area contributed by atoms with Gasteiger partial charge in [-0.3, -0.25) is 0 Å². The lowest BCUT2D eigenvalue weighted by atomic mass is 10.2. The van der Waals surface area contributed by atoms with Crippen molar-refractivity contribution in [3.63, 3.8) is 0 Å². The van der Waals surface area contributed by atoms with Crippen molar-refractivity contribution < 1.29 is 28.9 Å². The number of carbonyl (C=O) groups is 2. The Hall–Kier alpha value is -2.90. The van der Waals surface area contributed by atoms with E-state index in [1.54, 1.807) is 0 Å². The molecule has 0 aliphatic carbocycles. The summed E-state index contributed by atoms with van der Waals surface area (Å²) in [5.74, 6) is -0.723. The zero-order chi connectivity index (χ0) is 20.9. The first-order valence-electron chi connectivity index (χ1n) is 9.48. The maximum absolute atomic E-state index is 12.1. The molecular formula is C22H27NO6. The molecule has 0 aliphatic rings. The number of carbonyl (C=O) groups excluding carboxylic acids is 2. The highest BCUT2D eigenvalue weighted by Crippen LogP contribution is 2.06. The number of aliphatic hydroxyl groups excluding tert-OH is 1. The number of benzene rings is 2. The molecule has 0 spiro atoms. The van der Waals surface area contributed by atoms with Gasteiger partial charge in [0.05, 0.1) is 25.9 Å². The molecule has 0 saturated heterocycles. The van der Waals surface area contributed by atoms with Crippen molar-refractivity contribution in [1.82, 2.24) is 5.32 Å². The minimum Gasteiger partial charge on any atom is -0.464 e. The fourth-order valence-electron chi connectivity index (χ4n) is 2.41. The summed E-state index contributed by atoms with van der Waals surface area (Å²) in [5.41, 5.74) is 1.88. The summed E-state index contributed by atoms with van der Waals surface area (Å²) in [5, 5.41) is 11.7. The Morgan fingerprint density at radius 1 is 0.931 bits per heavy atom. The molecule has 0 bridgehead atoms. The van der Waals surface area contributed by atoms with E-state index in [1.165, 1.54) is 0 Å². The summed E-state index contributed by atoms with van der Waals surface area (Å²) in [6.45, 7) is 1.96. The fourth-order valence-corrected chi connectivity index (χ4v) is 2.41. The molecule has 29 heavy (non-hydrogen) atoms. The number of esters is 1. The molecule has 0 heterocycles. The van der Waals surface area contributed by atoms with Crippen LogP contribution in [0.5, 0.6) is 0 Å². The van der Waals surface area contributed by atoms with Gasteiger partial charge < -0.3 is 24.6 Å². The first-order chi connectivity index (χ1) is 14.1. The second-order valence-corrected chi connectivity index (χ2v) is 6.50. The molecule has 0 fully saturated rings. The van der Waals surface area contributed by atoms with Gasteiger partial charge in [-0.25, -0.2) is 9.59 Å². The van der Waals surface area contributed by atoms with Gasteiger partial charge in [0.25, 0.3) is 0 Å². The summed E-state index contributed by atoms with van der Waals surface area (Å²) in [6.07, 6.45) is -0.418. The first kappa shape index (κ1) is 22.4. The largest absolute Gasteiger partial charge is 0.464 e. The number of amides is 1. The molecule has 7 heteroatoms. The van der Waals surface area contributed by atoms with E-state index in [0.717, 1.165) is 11.1 Å². The minimum absolute atomic E-state index is 0.0656. The van der Waals surface area contributed by atoms with Gasteiger partial charge in [-0.2, -0.15) is 0 Å². The number of hydrogen-bond acceptors (Lipinski definition) is 6. The summed E-state index contributed by atoms with van der Waals surface area (Å²) in [4.78, 5) is 23.9. The van der Waals surface area contributed by atoms with Gasteiger partial charge in [0, 0.05) is 6.42 Å². The van der Waals surface area contributed by atoms with Crippen LogP contribution in [0.25, 0.3) is 0 Å². The predicted molar refractivity (Wildman–Crippen MR) is 107 cm³/mol. The standard InChI is InChI=1S/C22H27NO6/c1-17(28-15-18-8-4-2-5-9-18)12-13-27-21(25)20(14-24)23-22(26)29-16-19-10-6-3-7-11-19/h2-11,17,20,24H,12-16H2,1H3,(H,23,26)/t17-,20+/m1/s1. The number of ether oxygens (including phenoxy) is 3. The van der Waals surface area contributed by atoms with Crippen LogP contribution >= 0.6 is 0 Å². The molecule has 0 unspecified atom stereocenters. The van der Waals surface area contributed by atoms with Crippen LogP contribution in [0.1, 0.15) is 24.5 Å². The number of rotatable bonds is 11. The van der Waals surface area contributed by atoms with Gasteiger partial charge in [0.2, 0.25) is 0 Å². The maximum atomic E-state index is 12.1. The van der Waals surface area contributed by atoms with Crippen LogP contribution in [0.15, 0.2) is 60.7 Å². The number of hydrogen-bond donors (Lipinski definition) is 2. The third kappa shape index (κ3) is 8.76. The van der Waals surface area contributed by atoms with E-state index in [9.17, 15) is 14.7 Å². The van der Waals surface area contributed by atoms with Crippen molar-refractivity contribution in [3.05, 3.63) is 71.8 Å². The Morgan fingerprint density at radius 2 is 1.52 bits per heavy atom. The van der Waals surface area contributed by atoms with Gasteiger partial charge in [-0.05, 0) is 18.1 Å². The van der Waals surface area contributed by atoms with E-state index >= 15 is 0 Å². The monoisotopic (exact) mass is 401 g/mol. The third-order valence-electron chi connectivity index (χ3n) is 4.12. The summed E-state index contributed by atoms with van der Waals surface area (Å²) < 4.78 is 15.9. The van der Waals surface area contributed by atoms with Gasteiger partial charge in [-0.1, -0.05) is 60.7 Å². The fraction of sp³-hybridized carbons (Fsp3) is 0.364. The third-order valence-corrected chi connectivity index (χ3v) is 4.12. The predicted octanol–water partition coefficient (Wildman–Crippen LogP) is 2.81. The zero-order valence-corrected chi connectivity index (χ0v) is 16.5. The lowest BCUT2D eigenvalue weighted by molar-refractivity contribution is -0.148. The molecule has 0 aliphatic heterocycles. The highest BCUT2D eigenvalue weighted by Gasteiger charge is 2.22. The molecule has 2 aromatic rings. The second kappa shape index (κ2) is 12.5. The summed E-state index contributed by atoms with van der Waals surface area (Å²) in [7, 11) is 0. The molecule has 2 N–H and O–H groups in total. The topological polar surface area (TPSA) is 94.1 Å². The van der Waals surface area contributed by atoms with Crippen molar-refractivity contribution >= 4 is 12.1 Å². The Balaban J connectivity index is 1.64. The number of nitrogens with one attached hydrogen (secondary N) is 1. The quantitative estimate of drug-likeness (QED) is 0.563. The zero-order valence-electron chi connectivity index (χ0n) is 16.5. The van der Waals surface area contributed by atoms with Crippen LogP contribution < -0.4 is 5.32 Å². The van der Waals surface area contributed by atoms with Crippen molar-refractivity contribution in [2.45, 2.75) is 38.7 Å². The van der Waals surface area contributed by atoms with Crippen molar-refractivity contribution in [2.24, 2.45) is 0 Å². The maximum Gasteiger partial charge on any atom is 0.408 e. The van der Waals surface area contributed by atoms with Crippen LogP contribution in [0.4, 0.5) is 4.79 Å². The van der Waals surface area contributed by atoms with Crippen LogP contribution in [-0.2, 0) is 32.2 Å². The van der Waals surface area contributed by atoms with Crippen molar-refractivity contribution in [3.8, 4) is 0 Å². The van der Waals surface area contributed by atoms with Crippen LogP contribution in [0.3, 0.4) is 0 Å². The summed E-state index contributed by atoms with van der Waals surface area (Å²) in [6, 6.07) is 17.7. The average molecular weight is 401 g/mol. The van der Waals surface area contributed by atoms with Crippen LogP contribution in [0.2, 0.25) is 0 Å². The Bertz CT molecular complexity index is 737. The molecular weight excluding hydrogens is 374 g/mol. The molecule has 0 aromatic heterocycles. The smallest absolute Gasteiger partial charge is 0.408 e. The van der Waals surface area contributed by atoms with Crippen molar-refractivity contribution in [2.75, 3.05) is 13.2 Å². The SMILES string of the molecule is C[C@H](CCOC(=O)[C@H](CO)NC(=O)OCc1ccccc1)OCc1ccccc1. The minimum atomic E-state index is -1.18. The lowest BCUT2D eigenvalue weighted by Crippen LogP contribution is -2.44. The summed E-state index contributed by atoms with van der Waals surface area (Å²) >= 11 is 0. The van der Waals surface area contributed by atoms with E-state index < -0.39 is 24.7 Å². The average Bonchev–Trinajstić information content (AvgIpc) is 2.76. The van der Waals surface area contributed by atoms with Crippen LogP contribution in [0, 0.1) is 0 Å². The van der Waals surface area contributed by atoms with E-state index in [2.05, 4.69) is 5.32 Å². The van der Waals surface area contributed by atoms with E-state index in [0.29, 0.717) is 13.0 Å². The Morgan fingerprint density at radius 3 is 2.10 bits per heavy atom. The van der Waals surface area contributed by atoms with E-state index in [4.69, 9.17) is 14.2 Å². The Kier molecular flexibility index (Phi) is 9.68. The number of alkyl carbamates (subject to hydrolysis) is 1. The molecule has 2 rings (SSSR count). The molecule has 0 saturated carbocycles. The molecule has 156 valence electrons. The highest BCUT2D eigenvalue weighted by atomic mass is 16.6. The van der Waals surface area contributed by atoms with E-state index in [1.807, 2.05) is 67.6 Å². The molecule has 2 atom stereocenters. The van der Waals surface area contributed by atoms with Gasteiger partial charge >= 0.3 is 12.1 Å². The molecule has 0 radical (unpaired) electrons. The second-order valence-electron chi connectivity index (χ2n) is 6.50. The molecule has 2 aromatic carbocycles. The van der Waals surface area contributed by atoms with Crippen LogP contribution in [-0.4, -0.2) is 42.5 Å². The number of aliphatic hydroxyl groups is 1. The first-order valence-corrected chi connectivity index (χ1v) is 9.48. The van der Waals surface area contributed by atoms with Gasteiger partial charge in [-0.15, -0.1) is 0 Å². The normalized spacial score (nSPS) is 12.6. The molecule has 7 nitrogen and oxygen atoms in total.